The molecule has 1 unspecified atom stereocenters. The number of aliphatic imine (C=N–C) groups is 1. The Morgan fingerprint density at radius 3 is 2.24 bits per heavy atom. The number of nitrogens with zero attached hydrogens (tertiary/aromatic N) is 2. The predicted octanol–water partition coefficient (Wildman–Crippen LogP) is 6.47. The zero-order valence-corrected chi connectivity index (χ0v) is 17.4. The van der Waals surface area contributed by atoms with Gasteiger partial charge < -0.3 is 0 Å². The molecule has 0 aromatic heterocycles. The highest BCUT2D eigenvalue weighted by Crippen LogP contribution is 2.38. The fourth-order valence-corrected chi connectivity index (χ4v) is 4.24. The van der Waals surface area contributed by atoms with Crippen LogP contribution in [0, 0.1) is 0 Å². The Kier molecular flexibility index (Phi) is 5.84. The first-order valence-corrected chi connectivity index (χ1v) is 10.5. The second-order valence-electron chi connectivity index (χ2n) is 6.59. The van der Waals surface area contributed by atoms with Gasteiger partial charge in [0.2, 0.25) is 5.91 Å². The topological polar surface area (TPSA) is 32.7 Å². The second-order valence-corrected chi connectivity index (χ2v) is 8.39. The van der Waals surface area contributed by atoms with E-state index < -0.39 is 0 Å². The molecule has 1 heterocycles. The average Bonchev–Trinajstić information content (AvgIpc) is 3.03. The molecule has 3 aromatic carbocycles. The first kappa shape index (κ1) is 19.5. The van der Waals surface area contributed by atoms with E-state index in [1.54, 1.807) is 16.7 Å². The van der Waals surface area contributed by atoms with Gasteiger partial charge in [-0.05, 0) is 49.4 Å². The van der Waals surface area contributed by atoms with E-state index in [4.69, 9.17) is 16.6 Å². The van der Waals surface area contributed by atoms with Gasteiger partial charge in [-0.1, -0.05) is 71.9 Å². The molecule has 0 aliphatic carbocycles. The van der Waals surface area contributed by atoms with Crippen LogP contribution >= 0.6 is 23.4 Å². The van der Waals surface area contributed by atoms with Crippen molar-refractivity contribution in [3.05, 3.63) is 107 Å². The fraction of sp³-hybridized carbons (Fsp3) is 0.0833. The van der Waals surface area contributed by atoms with Crippen LogP contribution in [0.25, 0.3) is 0 Å². The summed E-state index contributed by atoms with van der Waals surface area (Å²) < 4.78 is 0. The number of carbonyl (C=O) groups excluding carboxylic acids is 1. The lowest BCUT2D eigenvalue weighted by molar-refractivity contribution is -0.116. The maximum Gasteiger partial charge on any atom is 0.245 e. The van der Waals surface area contributed by atoms with E-state index in [0.29, 0.717) is 5.02 Å². The first-order valence-electron chi connectivity index (χ1n) is 9.29. The lowest BCUT2D eigenvalue weighted by atomic mass is 10.1. The average molecular weight is 419 g/mol. The lowest BCUT2D eigenvalue weighted by Crippen LogP contribution is -2.27. The van der Waals surface area contributed by atoms with Crippen LogP contribution < -0.4 is 4.90 Å². The molecule has 1 saturated heterocycles. The molecule has 1 atom stereocenters. The zero-order chi connectivity index (χ0) is 20.2. The maximum absolute atomic E-state index is 12.8. The number of carbonyl (C=O) groups is 1. The van der Waals surface area contributed by atoms with Gasteiger partial charge in [0.25, 0.3) is 0 Å². The number of halogens is 1. The molecule has 0 N–H and O–H groups in total. The Labute approximate surface area is 179 Å². The predicted molar refractivity (Wildman–Crippen MR) is 123 cm³/mol. The monoisotopic (exact) mass is 418 g/mol. The maximum atomic E-state index is 12.8. The number of benzene rings is 3. The van der Waals surface area contributed by atoms with Crippen molar-refractivity contribution in [3.63, 3.8) is 0 Å². The van der Waals surface area contributed by atoms with Gasteiger partial charge in [-0.2, -0.15) is 0 Å². The van der Waals surface area contributed by atoms with Crippen LogP contribution in [0.1, 0.15) is 12.5 Å². The van der Waals surface area contributed by atoms with Gasteiger partial charge in [-0.3, -0.25) is 9.69 Å². The summed E-state index contributed by atoms with van der Waals surface area (Å²) in [5, 5.41) is 1.38. The molecular formula is C24H19ClN2OS. The molecule has 144 valence electrons. The Balaban J connectivity index is 1.81. The minimum Gasteiger partial charge on any atom is -0.274 e. The summed E-state index contributed by atoms with van der Waals surface area (Å²) in [5.41, 5.74) is 3.42. The van der Waals surface area contributed by atoms with Crippen molar-refractivity contribution in [2.75, 3.05) is 4.90 Å². The molecule has 3 aromatic rings. The number of hydrogen-bond donors (Lipinski definition) is 0. The van der Waals surface area contributed by atoms with E-state index in [1.165, 1.54) is 0 Å². The van der Waals surface area contributed by atoms with Gasteiger partial charge in [0.15, 0.2) is 0 Å². The third-order valence-electron chi connectivity index (χ3n) is 4.51. The highest BCUT2D eigenvalue weighted by Gasteiger charge is 2.34. The molecule has 4 rings (SSSR count). The Hall–Kier alpha value is -2.82. The summed E-state index contributed by atoms with van der Waals surface area (Å²) in [6.45, 7) is 1.93. The second kappa shape index (κ2) is 8.68. The van der Waals surface area contributed by atoms with Gasteiger partial charge in [-0.15, -0.1) is 0 Å². The van der Waals surface area contributed by atoms with Crippen molar-refractivity contribution in [2.24, 2.45) is 4.99 Å². The summed E-state index contributed by atoms with van der Waals surface area (Å²) in [6.07, 6.45) is 1.98. The van der Waals surface area contributed by atoms with Crippen molar-refractivity contribution in [1.29, 1.82) is 0 Å². The third kappa shape index (κ3) is 4.44. The van der Waals surface area contributed by atoms with E-state index in [-0.39, 0.29) is 11.2 Å². The van der Waals surface area contributed by atoms with E-state index >= 15 is 0 Å². The highest BCUT2D eigenvalue weighted by atomic mass is 35.5. The van der Waals surface area contributed by atoms with Crippen molar-refractivity contribution in [2.45, 2.75) is 12.2 Å². The molecule has 1 aliphatic rings. The van der Waals surface area contributed by atoms with Gasteiger partial charge in [-0.25, -0.2) is 4.99 Å². The van der Waals surface area contributed by atoms with Crippen LogP contribution in [-0.4, -0.2) is 16.9 Å². The fourth-order valence-electron chi connectivity index (χ4n) is 3.06. The summed E-state index contributed by atoms with van der Waals surface area (Å²) in [6, 6.07) is 27.1. The number of anilines is 1. The van der Waals surface area contributed by atoms with Crippen molar-refractivity contribution < 1.29 is 4.79 Å². The van der Waals surface area contributed by atoms with E-state index in [9.17, 15) is 4.79 Å². The highest BCUT2D eigenvalue weighted by molar-refractivity contribution is 8.05. The summed E-state index contributed by atoms with van der Waals surface area (Å²) >= 11 is 7.62. The minimum atomic E-state index is -0.148. The summed E-state index contributed by atoms with van der Waals surface area (Å²) in [7, 11) is 0. The van der Waals surface area contributed by atoms with Gasteiger partial charge >= 0.3 is 0 Å². The van der Waals surface area contributed by atoms with Crippen LogP contribution in [0.2, 0.25) is 5.02 Å². The van der Waals surface area contributed by atoms with Gasteiger partial charge in [0.05, 0.1) is 21.7 Å². The molecule has 0 spiro atoms. The quantitative estimate of drug-likeness (QED) is 0.455. The molecule has 29 heavy (non-hydrogen) atoms. The first-order chi connectivity index (χ1) is 14.1. The van der Waals surface area contributed by atoms with Crippen molar-refractivity contribution in [1.82, 2.24) is 0 Å². The SMILES string of the molecule is CC1S/C(=C\C(=Nc2ccccc2)c2ccc(Cl)cc2)N(c2ccccc2)C1=O. The number of thioether (sulfide) groups is 1. The number of rotatable bonds is 4. The molecular weight excluding hydrogens is 400 g/mol. The molecule has 1 amide bonds. The summed E-state index contributed by atoms with van der Waals surface area (Å²) in [5.74, 6) is 0.0719. The smallest absolute Gasteiger partial charge is 0.245 e. The summed E-state index contributed by atoms with van der Waals surface area (Å²) in [4.78, 5) is 19.5. The number of hydrogen-bond acceptors (Lipinski definition) is 3. The Bertz CT molecular complexity index is 1060. The van der Waals surface area contributed by atoms with Crippen LogP contribution in [0.15, 0.2) is 101 Å². The van der Waals surface area contributed by atoms with Crippen LogP contribution in [-0.2, 0) is 4.79 Å². The molecule has 0 saturated carbocycles. The standard InChI is InChI=1S/C24H19ClN2OS/c1-17-24(28)27(21-10-6-3-7-11-21)23(29-17)16-22(18-12-14-19(25)15-13-18)26-20-8-4-2-5-9-20/h2-17H,1H3/b23-16-,26-22?. The van der Waals surface area contributed by atoms with Crippen molar-refractivity contribution >= 4 is 46.4 Å². The molecule has 0 radical (unpaired) electrons. The van der Waals surface area contributed by atoms with Gasteiger partial charge in [0, 0.05) is 16.3 Å². The van der Waals surface area contributed by atoms with Gasteiger partial charge in [0.1, 0.15) is 0 Å². The van der Waals surface area contributed by atoms with E-state index in [0.717, 1.165) is 27.7 Å². The molecule has 5 heteroatoms. The third-order valence-corrected chi connectivity index (χ3v) is 5.86. The molecule has 1 fully saturated rings. The van der Waals surface area contributed by atoms with Crippen molar-refractivity contribution in [3.8, 4) is 0 Å². The number of allylic oxidation sites excluding steroid dienone is 1. The Morgan fingerprint density at radius 1 is 0.966 bits per heavy atom. The van der Waals surface area contributed by atoms with Crippen LogP contribution in [0.5, 0.6) is 0 Å². The van der Waals surface area contributed by atoms with Crippen LogP contribution in [0.4, 0.5) is 11.4 Å². The Morgan fingerprint density at radius 2 is 1.59 bits per heavy atom. The van der Waals surface area contributed by atoms with E-state index in [1.807, 2.05) is 97.9 Å². The molecule has 3 nitrogen and oxygen atoms in total. The van der Waals surface area contributed by atoms with Crippen LogP contribution in [0.3, 0.4) is 0 Å². The normalized spacial score (nSPS) is 18.5. The number of para-hydroxylation sites is 2. The zero-order valence-electron chi connectivity index (χ0n) is 15.8. The largest absolute Gasteiger partial charge is 0.274 e. The lowest BCUT2D eigenvalue weighted by Gasteiger charge is -2.17. The molecule has 0 bridgehead atoms. The minimum absolute atomic E-state index is 0.0719. The molecule has 1 aliphatic heterocycles. The van der Waals surface area contributed by atoms with E-state index in [2.05, 4.69) is 0 Å². The number of amides is 1.